The van der Waals surface area contributed by atoms with Crippen molar-refractivity contribution in [2.75, 3.05) is 6.61 Å². The second-order valence-corrected chi connectivity index (χ2v) is 7.83. The van der Waals surface area contributed by atoms with Gasteiger partial charge in [-0.25, -0.2) is 4.79 Å². The number of ether oxygens (including phenoxy) is 1. The van der Waals surface area contributed by atoms with E-state index >= 15 is 0 Å². The fraction of sp³-hybridized carbons (Fsp3) is 0.438. The molecule has 2 N–H and O–H groups in total. The van der Waals surface area contributed by atoms with Gasteiger partial charge >= 0.3 is 35.5 Å². The fourth-order valence-electron chi connectivity index (χ4n) is 2.60. The molecule has 2 amide bonds. The average Bonchev–Trinajstić information content (AvgIpc) is 2.95. The Morgan fingerprint density at radius 2 is 2.03 bits per heavy atom. The van der Waals surface area contributed by atoms with Gasteiger partial charge in [0.05, 0.1) is 36.5 Å². The number of aliphatic hydroxyl groups is 1. The van der Waals surface area contributed by atoms with E-state index in [2.05, 4.69) is 4.84 Å². The number of hydrogen-bond donors (Lipinski definition) is 2. The first-order chi connectivity index (χ1) is 14.0. The van der Waals surface area contributed by atoms with Crippen LogP contribution in [0.5, 0.6) is 0 Å². The molecule has 1 fully saturated rings. The minimum atomic E-state index is -4.79. The summed E-state index contributed by atoms with van der Waals surface area (Å²) in [5, 5.41) is 18.0. The number of carbonyl (C=O) groups is 3. The van der Waals surface area contributed by atoms with Gasteiger partial charge in [0, 0.05) is 12.7 Å². The topological polar surface area (TPSA) is 191 Å². The average molecular weight is 470 g/mol. The molecule has 0 aliphatic carbocycles. The molecule has 1 aliphatic heterocycles. The van der Waals surface area contributed by atoms with E-state index in [1.165, 1.54) is 18.2 Å². The van der Waals surface area contributed by atoms with Crippen molar-refractivity contribution in [2.45, 2.75) is 37.7 Å². The van der Waals surface area contributed by atoms with Crippen LogP contribution in [0.4, 0.5) is 5.69 Å². The van der Waals surface area contributed by atoms with Crippen LogP contribution < -0.4 is 29.6 Å². The quantitative estimate of drug-likeness (QED) is 0.0883. The third-order valence-corrected chi connectivity index (χ3v) is 5.15. The van der Waals surface area contributed by atoms with Gasteiger partial charge in [0.2, 0.25) is 0 Å². The number of rotatable bonds is 10. The summed E-state index contributed by atoms with van der Waals surface area (Å²) in [6.45, 7) is -0.391. The minimum Gasteiger partial charge on any atom is -1.00 e. The Bertz CT molecular complexity index is 973. The van der Waals surface area contributed by atoms with Crippen LogP contribution in [0.1, 0.15) is 31.8 Å². The zero-order valence-electron chi connectivity index (χ0n) is 17.4. The molecule has 1 atom stereocenters. The summed E-state index contributed by atoms with van der Waals surface area (Å²) in [5.74, 6) is -3.38. The van der Waals surface area contributed by atoms with E-state index in [4.69, 9.17) is 9.29 Å². The Labute approximate surface area is 199 Å². The van der Waals surface area contributed by atoms with Crippen LogP contribution in [-0.4, -0.2) is 57.7 Å². The summed E-state index contributed by atoms with van der Waals surface area (Å²) in [6, 6.07) is 4.12. The molecule has 166 valence electrons. The van der Waals surface area contributed by atoms with Gasteiger partial charge in [-0.05, 0) is 24.1 Å². The Balaban J connectivity index is 0.00000480. The molecule has 1 heterocycles. The first-order valence-electron chi connectivity index (χ1n) is 8.53. The van der Waals surface area contributed by atoms with Crippen molar-refractivity contribution in [3.63, 3.8) is 0 Å². The van der Waals surface area contributed by atoms with E-state index in [0.717, 1.165) is 0 Å². The summed E-state index contributed by atoms with van der Waals surface area (Å²) >= 11 is 0. The van der Waals surface area contributed by atoms with E-state index < -0.39 is 51.1 Å². The van der Waals surface area contributed by atoms with E-state index in [-0.39, 0.29) is 73.4 Å². The van der Waals surface area contributed by atoms with Crippen molar-refractivity contribution in [3.05, 3.63) is 39.4 Å². The molecule has 0 aromatic heterocycles. The number of carbonyl (C=O) groups excluding carboxylic acids is 3. The zero-order chi connectivity index (χ0) is 22.5. The normalized spacial score (nSPS) is 16.2. The number of amides is 2. The zero-order valence-corrected chi connectivity index (χ0v) is 19.2. The van der Waals surface area contributed by atoms with Gasteiger partial charge in [-0.2, -0.15) is 8.42 Å². The molecular formula is C16H19N2NaO11S. The predicted octanol–water partition coefficient (Wildman–Crippen LogP) is -3.03. The Hall–Kier alpha value is -1.94. The number of nitro groups is 1. The summed E-state index contributed by atoms with van der Waals surface area (Å²) < 4.78 is 36.3. The van der Waals surface area contributed by atoms with Crippen molar-refractivity contribution < 1.29 is 77.9 Å². The van der Waals surface area contributed by atoms with Crippen LogP contribution in [0.2, 0.25) is 0 Å². The summed E-state index contributed by atoms with van der Waals surface area (Å²) in [6.07, 6.45) is -0.939. The molecule has 1 aromatic rings. The second-order valence-electron chi connectivity index (χ2n) is 6.23. The van der Waals surface area contributed by atoms with Crippen LogP contribution in [0.3, 0.4) is 0 Å². The van der Waals surface area contributed by atoms with Crippen LogP contribution in [0.25, 0.3) is 0 Å². The summed E-state index contributed by atoms with van der Waals surface area (Å²) in [7, 11) is -4.79. The van der Waals surface area contributed by atoms with Crippen LogP contribution in [0.15, 0.2) is 18.2 Å². The van der Waals surface area contributed by atoms with E-state index in [0.29, 0.717) is 5.56 Å². The fourth-order valence-corrected chi connectivity index (χ4v) is 3.30. The SMILES string of the molecule is O=C(CCCOCc1ccc([N+](=O)[O-])c(CO)c1)ON1C(=O)CC(S(=O)(=O)O)C1=O.[H-].[Na+]. The van der Waals surface area contributed by atoms with Crippen molar-refractivity contribution in [1.29, 1.82) is 0 Å². The van der Waals surface area contributed by atoms with Crippen molar-refractivity contribution >= 4 is 33.6 Å². The standard InChI is InChI=1S/C16H18N2O11S.Na.H/c19-8-11-6-10(3-4-12(11)18(23)24)9-28-5-1-2-15(21)29-17-14(20)7-13(16(17)22)30(25,26)27;;/h3-4,6,13,19H,1-2,5,7-9H2,(H,25,26,27);;/q;+1;-1. The molecule has 1 saturated heterocycles. The molecule has 1 aromatic carbocycles. The summed E-state index contributed by atoms with van der Waals surface area (Å²) in [4.78, 5) is 49.9. The monoisotopic (exact) mass is 470 g/mol. The van der Waals surface area contributed by atoms with Gasteiger partial charge in [-0.15, -0.1) is 5.06 Å². The Morgan fingerprint density at radius 1 is 1.35 bits per heavy atom. The van der Waals surface area contributed by atoms with Gasteiger partial charge in [0.15, 0.2) is 5.25 Å². The third kappa shape index (κ3) is 7.31. The van der Waals surface area contributed by atoms with Crippen LogP contribution in [-0.2, 0) is 47.3 Å². The number of aliphatic hydroxyl groups excluding tert-OH is 1. The molecule has 0 saturated carbocycles. The molecule has 0 spiro atoms. The number of hydrogen-bond acceptors (Lipinski definition) is 10. The molecule has 1 aliphatic rings. The molecule has 13 nitrogen and oxygen atoms in total. The van der Waals surface area contributed by atoms with Gasteiger partial charge in [-0.1, -0.05) is 0 Å². The van der Waals surface area contributed by atoms with Gasteiger partial charge in [0.1, 0.15) is 0 Å². The molecule has 2 rings (SSSR count). The Kier molecular flexibility index (Phi) is 10.2. The van der Waals surface area contributed by atoms with Gasteiger partial charge < -0.3 is 16.1 Å². The molecule has 31 heavy (non-hydrogen) atoms. The maximum atomic E-state index is 11.8. The third-order valence-electron chi connectivity index (χ3n) is 4.06. The molecule has 0 bridgehead atoms. The minimum absolute atomic E-state index is 0. The first-order valence-corrected chi connectivity index (χ1v) is 10.0. The second kappa shape index (κ2) is 11.6. The predicted molar refractivity (Wildman–Crippen MR) is 96.9 cm³/mol. The molecule has 15 heteroatoms. The largest absolute Gasteiger partial charge is 1.00 e. The Morgan fingerprint density at radius 3 is 2.58 bits per heavy atom. The van der Waals surface area contributed by atoms with Gasteiger partial charge in [0.25, 0.3) is 27.6 Å². The number of nitro benzene ring substituents is 1. The maximum absolute atomic E-state index is 11.8. The van der Waals surface area contributed by atoms with E-state index in [1.807, 2.05) is 0 Å². The van der Waals surface area contributed by atoms with Crippen molar-refractivity contribution in [2.24, 2.45) is 0 Å². The van der Waals surface area contributed by atoms with Crippen molar-refractivity contribution in [1.82, 2.24) is 5.06 Å². The number of imide groups is 1. The van der Waals surface area contributed by atoms with E-state index in [1.54, 1.807) is 0 Å². The number of nitrogens with zero attached hydrogens (tertiary/aromatic N) is 2. The first kappa shape index (κ1) is 27.1. The molecule has 1 unspecified atom stereocenters. The molecule has 0 radical (unpaired) electrons. The molecular weight excluding hydrogens is 451 g/mol. The van der Waals surface area contributed by atoms with Crippen LogP contribution >= 0.6 is 0 Å². The number of benzene rings is 1. The smallest absolute Gasteiger partial charge is 1.00 e. The maximum Gasteiger partial charge on any atom is 1.00 e. The van der Waals surface area contributed by atoms with Crippen LogP contribution in [0, 0.1) is 10.1 Å². The number of hydroxylamine groups is 2. The van der Waals surface area contributed by atoms with Crippen molar-refractivity contribution in [3.8, 4) is 0 Å². The van der Waals surface area contributed by atoms with E-state index in [9.17, 15) is 38.0 Å². The summed E-state index contributed by atoms with van der Waals surface area (Å²) in [5.41, 5.74) is 0.482. The van der Waals surface area contributed by atoms with Gasteiger partial charge in [-0.3, -0.25) is 24.3 Å².